The number of aldehydes is 1. The number of amides is 3. The molecular formula is C27H34N4O7. The summed E-state index contributed by atoms with van der Waals surface area (Å²) in [5.74, 6) is -1.96. The third-order valence-corrected chi connectivity index (χ3v) is 8.39. The van der Waals surface area contributed by atoms with Crippen LogP contribution < -0.4 is 10.2 Å². The highest BCUT2D eigenvalue weighted by Gasteiger charge is 2.51. The van der Waals surface area contributed by atoms with E-state index >= 15 is 0 Å². The summed E-state index contributed by atoms with van der Waals surface area (Å²) >= 11 is 0. The summed E-state index contributed by atoms with van der Waals surface area (Å²) in [5, 5.41) is 11.5. The lowest BCUT2D eigenvalue weighted by molar-refractivity contribution is -0.137. The molecule has 2 N–H and O–H groups in total. The zero-order chi connectivity index (χ0) is 26.9. The van der Waals surface area contributed by atoms with Gasteiger partial charge in [0.05, 0.1) is 23.3 Å². The third-order valence-electron chi connectivity index (χ3n) is 8.39. The Hall–Kier alpha value is -3.31. The number of carboxylic acids is 1. The molecule has 38 heavy (non-hydrogen) atoms. The Balaban J connectivity index is 1.23. The summed E-state index contributed by atoms with van der Waals surface area (Å²) in [6.07, 6.45) is 4.17. The maximum absolute atomic E-state index is 13.4. The van der Waals surface area contributed by atoms with Gasteiger partial charge >= 0.3 is 5.97 Å². The van der Waals surface area contributed by atoms with Crippen molar-refractivity contribution >= 4 is 35.7 Å². The standard InChI is InChI=1S/C27H34N4O7/c32-18-26(7-6-22(33)28-16-26)31-24(36)20-5-4-19(15-21(20)25(31)37)30-11-8-27(9-12-30)17-29(13-14-38-27)10-2-1-3-23(34)35/h4-5,15,18H,1-3,6-14,16-17H2,(H,28,33)(H,34,35). The molecule has 1 spiro atoms. The number of benzene rings is 1. The number of ether oxygens (including phenoxy) is 1. The number of carboxylic acid groups (broad SMARTS) is 1. The molecule has 1 unspecified atom stereocenters. The first-order valence-electron chi connectivity index (χ1n) is 13.3. The van der Waals surface area contributed by atoms with Crippen LogP contribution >= 0.6 is 0 Å². The molecule has 4 aliphatic rings. The lowest BCUT2D eigenvalue weighted by Crippen LogP contribution is -2.61. The second-order valence-electron chi connectivity index (χ2n) is 10.8. The predicted molar refractivity (Wildman–Crippen MR) is 136 cm³/mol. The smallest absolute Gasteiger partial charge is 0.303 e. The van der Waals surface area contributed by atoms with Gasteiger partial charge in [-0.05, 0) is 56.8 Å². The van der Waals surface area contributed by atoms with Crippen molar-refractivity contribution in [2.24, 2.45) is 0 Å². The van der Waals surface area contributed by atoms with Gasteiger partial charge in [0.1, 0.15) is 11.8 Å². The van der Waals surface area contributed by atoms with Crippen LogP contribution in [0, 0.1) is 0 Å². The first-order chi connectivity index (χ1) is 18.3. The van der Waals surface area contributed by atoms with Crippen molar-refractivity contribution in [1.29, 1.82) is 0 Å². The van der Waals surface area contributed by atoms with Gasteiger partial charge in [-0.25, -0.2) is 0 Å². The molecule has 0 radical (unpaired) electrons. The van der Waals surface area contributed by atoms with E-state index in [1.165, 1.54) is 0 Å². The largest absolute Gasteiger partial charge is 0.481 e. The molecule has 0 aromatic heterocycles. The van der Waals surface area contributed by atoms with E-state index < -0.39 is 23.3 Å². The molecule has 0 aliphatic carbocycles. The van der Waals surface area contributed by atoms with E-state index in [9.17, 15) is 24.0 Å². The van der Waals surface area contributed by atoms with Gasteiger partial charge in [0.25, 0.3) is 11.8 Å². The van der Waals surface area contributed by atoms with Crippen LogP contribution in [0.1, 0.15) is 65.7 Å². The Morgan fingerprint density at radius 2 is 1.82 bits per heavy atom. The third kappa shape index (κ3) is 4.92. The normalized spacial score (nSPS) is 25.4. The summed E-state index contributed by atoms with van der Waals surface area (Å²) in [4.78, 5) is 66.6. The highest BCUT2D eigenvalue weighted by molar-refractivity contribution is 6.23. The number of hydrogen-bond acceptors (Lipinski definition) is 8. The number of nitrogens with zero attached hydrogens (tertiary/aromatic N) is 3. The van der Waals surface area contributed by atoms with Gasteiger partial charge in [-0.15, -0.1) is 0 Å². The molecule has 1 aromatic carbocycles. The molecule has 5 rings (SSSR count). The topological polar surface area (TPSA) is 137 Å². The van der Waals surface area contributed by atoms with E-state index in [-0.39, 0.29) is 48.4 Å². The Morgan fingerprint density at radius 3 is 2.50 bits per heavy atom. The minimum atomic E-state index is -1.36. The van der Waals surface area contributed by atoms with Crippen molar-refractivity contribution < 1.29 is 33.8 Å². The Kier molecular flexibility index (Phi) is 7.23. The molecule has 4 heterocycles. The minimum absolute atomic E-state index is 0.0710. The molecule has 1 aromatic rings. The summed E-state index contributed by atoms with van der Waals surface area (Å²) in [7, 11) is 0. The number of fused-ring (bicyclic) bond motifs is 1. The van der Waals surface area contributed by atoms with Crippen LogP contribution in [0.25, 0.3) is 0 Å². The molecule has 4 aliphatic heterocycles. The van der Waals surface area contributed by atoms with E-state index in [0.717, 1.165) is 62.6 Å². The Bertz CT molecular complexity index is 1130. The molecule has 3 saturated heterocycles. The number of carbonyl (C=O) groups is 5. The molecular weight excluding hydrogens is 492 g/mol. The monoisotopic (exact) mass is 526 g/mol. The summed E-state index contributed by atoms with van der Waals surface area (Å²) in [5.41, 5.74) is -0.189. The molecule has 0 bridgehead atoms. The summed E-state index contributed by atoms with van der Waals surface area (Å²) in [6.45, 7) is 4.60. The van der Waals surface area contributed by atoms with Gasteiger partial charge in [0.15, 0.2) is 0 Å². The maximum atomic E-state index is 13.4. The highest BCUT2D eigenvalue weighted by atomic mass is 16.5. The second-order valence-corrected chi connectivity index (χ2v) is 10.8. The predicted octanol–water partition coefficient (Wildman–Crippen LogP) is 1.06. The first-order valence-corrected chi connectivity index (χ1v) is 13.3. The van der Waals surface area contributed by atoms with E-state index in [2.05, 4.69) is 15.1 Å². The van der Waals surface area contributed by atoms with Crippen LogP contribution in [-0.2, 0) is 19.1 Å². The number of nitrogens with one attached hydrogen (secondary N) is 1. The number of rotatable bonds is 8. The number of imide groups is 1. The van der Waals surface area contributed by atoms with Crippen molar-refractivity contribution in [3.8, 4) is 0 Å². The minimum Gasteiger partial charge on any atom is -0.481 e. The quantitative estimate of drug-likeness (QED) is 0.289. The van der Waals surface area contributed by atoms with Crippen LogP contribution in [0.5, 0.6) is 0 Å². The van der Waals surface area contributed by atoms with Crippen LogP contribution in [-0.4, -0.2) is 102 Å². The molecule has 3 amide bonds. The number of unbranched alkanes of at least 4 members (excludes halogenated alkanes) is 1. The lowest BCUT2D eigenvalue weighted by atomic mass is 9.88. The summed E-state index contributed by atoms with van der Waals surface area (Å²) < 4.78 is 6.25. The van der Waals surface area contributed by atoms with E-state index in [1.54, 1.807) is 12.1 Å². The number of aliphatic carboxylic acids is 1. The highest BCUT2D eigenvalue weighted by Crippen LogP contribution is 2.37. The number of carbonyl (C=O) groups excluding carboxylic acids is 4. The number of piperidine rings is 2. The van der Waals surface area contributed by atoms with E-state index in [0.29, 0.717) is 19.3 Å². The Morgan fingerprint density at radius 1 is 1.05 bits per heavy atom. The van der Waals surface area contributed by atoms with Gasteiger partial charge in [-0.2, -0.15) is 0 Å². The first kappa shape index (κ1) is 26.3. The van der Waals surface area contributed by atoms with Crippen molar-refractivity contribution in [2.45, 2.75) is 56.1 Å². The Labute approximate surface area is 221 Å². The summed E-state index contributed by atoms with van der Waals surface area (Å²) in [6, 6.07) is 5.24. The van der Waals surface area contributed by atoms with Crippen LogP contribution in [0.2, 0.25) is 0 Å². The van der Waals surface area contributed by atoms with Gasteiger partial charge in [-0.3, -0.25) is 29.0 Å². The van der Waals surface area contributed by atoms with Crippen LogP contribution in [0.3, 0.4) is 0 Å². The van der Waals surface area contributed by atoms with Crippen molar-refractivity contribution in [3.05, 3.63) is 29.3 Å². The second kappa shape index (κ2) is 10.5. The zero-order valence-electron chi connectivity index (χ0n) is 21.4. The lowest BCUT2D eigenvalue weighted by Gasteiger charge is -2.48. The molecule has 3 fully saturated rings. The fraction of sp³-hybridized carbons (Fsp3) is 0.593. The van der Waals surface area contributed by atoms with Crippen molar-refractivity contribution in [3.63, 3.8) is 0 Å². The SMILES string of the molecule is O=CC1(N2C(=O)c3ccc(N4CCC5(CC4)CN(CCCCC(=O)O)CCO5)cc3C2=O)CCC(=O)NC1. The van der Waals surface area contributed by atoms with Crippen LogP contribution in [0.15, 0.2) is 18.2 Å². The zero-order valence-corrected chi connectivity index (χ0v) is 21.4. The number of anilines is 1. The molecule has 204 valence electrons. The van der Waals surface area contributed by atoms with Gasteiger partial charge in [0.2, 0.25) is 5.91 Å². The maximum Gasteiger partial charge on any atom is 0.303 e. The van der Waals surface area contributed by atoms with Gasteiger partial charge < -0.3 is 24.9 Å². The average molecular weight is 527 g/mol. The average Bonchev–Trinajstić information content (AvgIpc) is 3.17. The van der Waals surface area contributed by atoms with Gasteiger partial charge in [0, 0.05) is 51.3 Å². The number of morpholine rings is 1. The van der Waals surface area contributed by atoms with E-state index in [4.69, 9.17) is 9.84 Å². The molecule has 0 saturated carbocycles. The molecule has 11 heteroatoms. The number of hydrogen-bond donors (Lipinski definition) is 2. The van der Waals surface area contributed by atoms with Gasteiger partial charge in [-0.1, -0.05) is 0 Å². The molecule has 11 nitrogen and oxygen atoms in total. The van der Waals surface area contributed by atoms with Crippen molar-refractivity contribution in [1.82, 2.24) is 15.1 Å². The van der Waals surface area contributed by atoms with Crippen molar-refractivity contribution in [2.75, 3.05) is 50.8 Å². The van der Waals surface area contributed by atoms with Crippen LogP contribution in [0.4, 0.5) is 5.69 Å². The fourth-order valence-corrected chi connectivity index (χ4v) is 6.13. The molecule has 1 atom stereocenters. The van der Waals surface area contributed by atoms with E-state index in [1.807, 2.05) is 6.07 Å². The fourth-order valence-electron chi connectivity index (χ4n) is 6.13.